The normalized spacial score (nSPS) is 10.3. The molecule has 100 valence electrons. The van der Waals surface area contributed by atoms with Crippen LogP contribution in [0.25, 0.3) is 0 Å². The molecule has 3 nitrogen and oxygen atoms in total. The Morgan fingerprint density at radius 2 is 1.89 bits per heavy atom. The first-order chi connectivity index (χ1) is 8.74. The van der Waals surface area contributed by atoms with Crippen molar-refractivity contribution in [3.8, 4) is 0 Å². The first-order valence-electron chi connectivity index (χ1n) is 6.44. The minimum atomic E-state index is -0.277. The van der Waals surface area contributed by atoms with Crippen molar-refractivity contribution in [3.63, 3.8) is 0 Å². The van der Waals surface area contributed by atoms with Crippen molar-refractivity contribution in [2.45, 2.75) is 38.6 Å². The number of rotatable bonds is 8. The molecule has 0 aromatic heterocycles. The Labute approximate surface area is 108 Å². The molecule has 0 spiro atoms. The standard InChI is InChI=1S/C14H21FN2O/c15-13-8-5-4-7-12(13)11-17-14(18)9-3-1-2-6-10-16/h4-5,7-8H,1-3,6,9-11,16H2,(H,17,18). The average molecular weight is 252 g/mol. The lowest BCUT2D eigenvalue weighted by Gasteiger charge is -2.06. The van der Waals surface area contributed by atoms with Gasteiger partial charge in [-0.2, -0.15) is 0 Å². The number of nitrogens with two attached hydrogens (primary N) is 1. The van der Waals surface area contributed by atoms with Gasteiger partial charge in [-0.05, 0) is 25.5 Å². The van der Waals surface area contributed by atoms with Crippen LogP contribution in [0.1, 0.15) is 37.7 Å². The van der Waals surface area contributed by atoms with Gasteiger partial charge in [0.2, 0.25) is 5.91 Å². The minimum absolute atomic E-state index is 0.0222. The Morgan fingerprint density at radius 1 is 1.17 bits per heavy atom. The fraction of sp³-hybridized carbons (Fsp3) is 0.500. The van der Waals surface area contributed by atoms with Crippen molar-refractivity contribution in [1.82, 2.24) is 5.32 Å². The summed E-state index contributed by atoms with van der Waals surface area (Å²) in [6, 6.07) is 6.47. The molecule has 1 aromatic rings. The van der Waals surface area contributed by atoms with E-state index < -0.39 is 0 Å². The first-order valence-corrected chi connectivity index (χ1v) is 6.44. The van der Waals surface area contributed by atoms with E-state index in [9.17, 15) is 9.18 Å². The third-order valence-electron chi connectivity index (χ3n) is 2.79. The number of benzene rings is 1. The maximum atomic E-state index is 13.3. The summed E-state index contributed by atoms with van der Waals surface area (Å²) in [5.41, 5.74) is 5.90. The largest absolute Gasteiger partial charge is 0.352 e. The monoisotopic (exact) mass is 252 g/mol. The molecule has 0 atom stereocenters. The highest BCUT2D eigenvalue weighted by atomic mass is 19.1. The van der Waals surface area contributed by atoms with Crippen LogP contribution in [0.15, 0.2) is 24.3 Å². The molecule has 0 radical (unpaired) electrons. The van der Waals surface area contributed by atoms with E-state index in [1.807, 2.05) is 0 Å². The molecule has 0 aliphatic carbocycles. The van der Waals surface area contributed by atoms with Gasteiger partial charge in [0.1, 0.15) is 5.82 Å². The van der Waals surface area contributed by atoms with Crippen LogP contribution in [0.4, 0.5) is 4.39 Å². The number of carbonyl (C=O) groups excluding carboxylic acids is 1. The van der Waals surface area contributed by atoms with E-state index in [2.05, 4.69) is 5.32 Å². The van der Waals surface area contributed by atoms with Crippen LogP contribution < -0.4 is 11.1 Å². The van der Waals surface area contributed by atoms with Gasteiger partial charge in [-0.15, -0.1) is 0 Å². The van der Waals surface area contributed by atoms with Gasteiger partial charge in [0.15, 0.2) is 0 Å². The van der Waals surface area contributed by atoms with Crippen molar-refractivity contribution in [2.75, 3.05) is 6.54 Å². The lowest BCUT2D eigenvalue weighted by molar-refractivity contribution is -0.121. The molecular weight excluding hydrogens is 231 g/mol. The van der Waals surface area contributed by atoms with Gasteiger partial charge in [-0.3, -0.25) is 4.79 Å². The minimum Gasteiger partial charge on any atom is -0.352 e. The van der Waals surface area contributed by atoms with E-state index in [1.165, 1.54) is 6.07 Å². The molecule has 0 fully saturated rings. The number of hydrogen-bond acceptors (Lipinski definition) is 2. The molecule has 3 N–H and O–H groups in total. The highest BCUT2D eigenvalue weighted by molar-refractivity contribution is 5.75. The molecular formula is C14H21FN2O. The first kappa shape index (κ1) is 14.6. The Kier molecular flexibility index (Phi) is 7.03. The maximum absolute atomic E-state index is 13.3. The van der Waals surface area contributed by atoms with Crippen LogP contribution in [0.3, 0.4) is 0 Å². The zero-order valence-electron chi connectivity index (χ0n) is 10.6. The summed E-state index contributed by atoms with van der Waals surface area (Å²) >= 11 is 0. The van der Waals surface area contributed by atoms with Crippen molar-refractivity contribution < 1.29 is 9.18 Å². The number of amides is 1. The van der Waals surface area contributed by atoms with Crippen molar-refractivity contribution in [1.29, 1.82) is 0 Å². The van der Waals surface area contributed by atoms with Crippen LogP contribution in [0, 0.1) is 5.82 Å². The summed E-state index contributed by atoms with van der Waals surface area (Å²) in [5.74, 6) is -0.299. The summed E-state index contributed by atoms with van der Waals surface area (Å²) in [6.45, 7) is 0.966. The fourth-order valence-corrected chi connectivity index (χ4v) is 1.71. The van der Waals surface area contributed by atoms with Gasteiger partial charge in [-0.25, -0.2) is 4.39 Å². The van der Waals surface area contributed by atoms with Gasteiger partial charge in [-0.1, -0.05) is 31.0 Å². The molecule has 0 heterocycles. The van der Waals surface area contributed by atoms with E-state index in [1.54, 1.807) is 18.2 Å². The quantitative estimate of drug-likeness (QED) is 0.698. The summed E-state index contributed by atoms with van der Waals surface area (Å²) in [7, 11) is 0. The average Bonchev–Trinajstić information content (AvgIpc) is 2.37. The third-order valence-corrected chi connectivity index (χ3v) is 2.79. The lowest BCUT2D eigenvalue weighted by atomic mass is 10.1. The highest BCUT2D eigenvalue weighted by Crippen LogP contribution is 2.06. The second-order valence-corrected chi connectivity index (χ2v) is 4.32. The van der Waals surface area contributed by atoms with Crippen molar-refractivity contribution >= 4 is 5.91 Å². The predicted molar refractivity (Wildman–Crippen MR) is 70.4 cm³/mol. The fourth-order valence-electron chi connectivity index (χ4n) is 1.71. The molecule has 1 rings (SSSR count). The Hall–Kier alpha value is -1.42. The molecule has 0 bridgehead atoms. The summed E-state index contributed by atoms with van der Waals surface area (Å²) in [6.07, 6.45) is 4.46. The van der Waals surface area contributed by atoms with Crippen LogP contribution >= 0.6 is 0 Å². The molecule has 4 heteroatoms. The van der Waals surface area contributed by atoms with Gasteiger partial charge >= 0.3 is 0 Å². The van der Waals surface area contributed by atoms with E-state index >= 15 is 0 Å². The smallest absolute Gasteiger partial charge is 0.220 e. The Bertz CT molecular complexity index is 369. The van der Waals surface area contributed by atoms with Gasteiger partial charge in [0.25, 0.3) is 0 Å². The molecule has 0 saturated carbocycles. The summed E-state index contributed by atoms with van der Waals surface area (Å²) < 4.78 is 13.3. The van der Waals surface area contributed by atoms with Gasteiger partial charge in [0, 0.05) is 18.5 Å². The Morgan fingerprint density at radius 3 is 2.61 bits per heavy atom. The SMILES string of the molecule is NCCCCCCC(=O)NCc1ccccc1F. The zero-order valence-corrected chi connectivity index (χ0v) is 10.6. The summed E-state index contributed by atoms with van der Waals surface area (Å²) in [5, 5.41) is 2.73. The molecule has 0 saturated heterocycles. The molecule has 0 aliphatic rings. The molecule has 0 aliphatic heterocycles. The van der Waals surface area contributed by atoms with E-state index in [4.69, 9.17) is 5.73 Å². The predicted octanol–water partition coefficient (Wildman–Crippen LogP) is 2.35. The second-order valence-electron chi connectivity index (χ2n) is 4.32. The van der Waals surface area contributed by atoms with E-state index in [0.717, 1.165) is 25.7 Å². The van der Waals surface area contributed by atoms with Crippen LogP contribution in [0.5, 0.6) is 0 Å². The molecule has 1 amide bonds. The van der Waals surface area contributed by atoms with Crippen molar-refractivity contribution in [3.05, 3.63) is 35.6 Å². The zero-order chi connectivity index (χ0) is 13.2. The summed E-state index contributed by atoms with van der Waals surface area (Å²) in [4.78, 5) is 11.5. The highest BCUT2D eigenvalue weighted by Gasteiger charge is 2.04. The number of hydrogen-bond donors (Lipinski definition) is 2. The Balaban J connectivity index is 2.15. The van der Waals surface area contributed by atoms with Gasteiger partial charge in [0.05, 0.1) is 0 Å². The molecule has 18 heavy (non-hydrogen) atoms. The number of carbonyl (C=O) groups is 1. The lowest BCUT2D eigenvalue weighted by Crippen LogP contribution is -2.22. The number of unbranched alkanes of at least 4 members (excludes halogenated alkanes) is 3. The third kappa shape index (κ3) is 5.77. The number of halogens is 1. The maximum Gasteiger partial charge on any atom is 0.220 e. The van der Waals surface area contributed by atoms with E-state index in [0.29, 0.717) is 18.5 Å². The van der Waals surface area contributed by atoms with Crippen LogP contribution in [-0.2, 0) is 11.3 Å². The second kappa shape index (κ2) is 8.64. The van der Waals surface area contributed by atoms with Crippen LogP contribution in [0.2, 0.25) is 0 Å². The molecule has 1 aromatic carbocycles. The molecule has 0 unspecified atom stereocenters. The van der Waals surface area contributed by atoms with E-state index in [-0.39, 0.29) is 18.3 Å². The van der Waals surface area contributed by atoms with Crippen molar-refractivity contribution in [2.24, 2.45) is 5.73 Å². The van der Waals surface area contributed by atoms with Crippen LogP contribution in [-0.4, -0.2) is 12.5 Å². The topological polar surface area (TPSA) is 55.1 Å². The van der Waals surface area contributed by atoms with Gasteiger partial charge < -0.3 is 11.1 Å². The number of nitrogens with one attached hydrogen (secondary N) is 1.